The van der Waals surface area contributed by atoms with Gasteiger partial charge in [0, 0.05) is 24.5 Å². The molecular weight excluding hydrogens is 320 g/mol. The summed E-state index contributed by atoms with van der Waals surface area (Å²) >= 11 is 4.90. The van der Waals surface area contributed by atoms with Crippen molar-refractivity contribution >= 4 is 23.4 Å². The van der Waals surface area contributed by atoms with Crippen LogP contribution in [0.15, 0.2) is 24.4 Å². The number of thiocarbonyl (C=S) groups is 1. The Balaban J connectivity index is 2.13. The van der Waals surface area contributed by atoms with Gasteiger partial charge in [0.05, 0.1) is 13.2 Å². The smallest absolute Gasteiger partial charge is 0.359 e. The summed E-state index contributed by atoms with van der Waals surface area (Å²) in [7, 11) is 0. The maximum Gasteiger partial charge on any atom is 0.359 e. The van der Waals surface area contributed by atoms with E-state index in [2.05, 4.69) is 4.98 Å². The largest absolute Gasteiger partial charge is 0.459 e. The van der Waals surface area contributed by atoms with Gasteiger partial charge >= 0.3 is 11.2 Å². The average Bonchev–Trinajstić information content (AvgIpc) is 2.46. The number of pyridine rings is 1. The number of hydrogen-bond acceptors (Lipinski definition) is 8. The van der Waals surface area contributed by atoms with E-state index >= 15 is 0 Å². The molecule has 128 valence electrons. The molecule has 0 radical (unpaired) electrons. The van der Waals surface area contributed by atoms with Crippen LogP contribution in [0, 0.1) is 0 Å². The van der Waals surface area contributed by atoms with Gasteiger partial charge in [0.1, 0.15) is 18.2 Å². The van der Waals surface area contributed by atoms with E-state index in [9.17, 15) is 4.79 Å². The van der Waals surface area contributed by atoms with E-state index in [0.717, 1.165) is 0 Å². The van der Waals surface area contributed by atoms with Crippen LogP contribution in [0.4, 0.5) is 0 Å². The molecule has 0 aliphatic rings. The molecule has 2 N–H and O–H groups in total. The van der Waals surface area contributed by atoms with Crippen LogP contribution in [0.3, 0.4) is 0 Å². The van der Waals surface area contributed by atoms with E-state index in [1.807, 2.05) is 0 Å². The molecule has 1 aromatic heterocycles. The van der Waals surface area contributed by atoms with Crippen LogP contribution in [0.2, 0.25) is 0 Å². The monoisotopic (exact) mass is 342 g/mol. The predicted molar refractivity (Wildman–Crippen MR) is 88.1 cm³/mol. The second-order valence-electron chi connectivity index (χ2n) is 5.58. The SMILES string of the molecule is CC(C)(C)OC(=O)C(N)COCCOC(=S)Oc1ccccn1. The zero-order valence-corrected chi connectivity index (χ0v) is 14.3. The Labute approximate surface area is 141 Å². The van der Waals surface area contributed by atoms with Crippen molar-refractivity contribution in [1.29, 1.82) is 0 Å². The lowest BCUT2D eigenvalue weighted by atomic mass is 10.2. The highest BCUT2D eigenvalue weighted by Crippen LogP contribution is 2.08. The molecule has 0 aliphatic carbocycles. The van der Waals surface area contributed by atoms with E-state index in [-0.39, 0.29) is 25.1 Å². The summed E-state index contributed by atoms with van der Waals surface area (Å²) in [5, 5.41) is -0.0521. The van der Waals surface area contributed by atoms with Gasteiger partial charge in [-0.25, -0.2) is 4.98 Å². The van der Waals surface area contributed by atoms with E-state index in [1.54, 1.807) is 45.2 Å². The fourth-order valence-corrected chi connectivity index (χ4v) is 1.53. The highest BCUT2D eigenvalue weighted by Gasteiger charge is 2.22. The van der Waals surface area contributed by atoms with Crippen molar-refractivity contribution in [3.8, 4) is 5.88 Å². The maximum atomic E-state index is 11.6. The quantitative estimate of drug-likeness (QED) is 0.452. The molecule has 0 spiro atoms. The van der Waals surface area contributed by atoms with Crippen molar-refractivity contribution in [3.05, 3.63) is 24.4 Å². The Kier molecular flexibility index (Phi) is 7.87. The molecule has 1 atom stereocenters. The molecule has 0 aromatic carbocycles. The summed E-state index contributed by atoms with van der Waals surface area (Å²) in [6.07, 6.45) is 1.58. The molecule has 1 aromatic rings. The summed E-state index contributed by atoms with van der Waals surface area (Å²) in [5.74, 6) is -0.155. The fourth-order valence-electron chi connectivity index (χ4n) is 1.36. The second kappa shape index (κ2) is 9.39. The van der Waals surface area contributed by atoms with Gasteiger partial charge in [-0.1, -0.05) is 6.07 Å². The lowest BCUT2D eigenvalue weighted by molar-refractivity contribution is -0.158. The first kappa shape index (κ1) is 19.3. The minimum atomic E-state index is -0.842. The van der Waals surface area contributed by atoms with Crippen molar-refractivity contribution in [1.82, 2.24) is 4.98 Å². The lowest BCUT2D eigenvalue weighted by Gasteiger charge is -2.22. The zero-order chi connectivity index (χ0) is 17.3. The Morgan fingerprint density at radius 3 is 2.70 bits per heavy atom. The number of carbonyl (C=O) groups excluding carboxylic acids is 1. The average molecular weight is 342 g/mol. The van der Waals surface area contributed by atoms with E-state index in [4.69, 9.17) is 36.9 Å². The molecule has 0 fully saturated rings. The van der Waals surface area contributed by atoms with Gasteiger partial charge in [0.25, 0.3) is 0 Å². The van der Waals surface area contributed by atoms with Crippen LogP contribution >= 0.6 is 12.2 Å². The topological polar surface area (TPSA) is 92.9 Å². The number of ether oxygens (including phenoxy) is 4. The Morgan fingerprint density at radius 2 is 2.09 bits per heavy atom. The van der Waals surface area contributed by atoms with Crippen molar-refractivity contribution < 1.29 is 23.7 Å². The molecule has 0 aliphatic heterocycles. The molecule has 0 saturated heterocycles. The van der Waals surface area contributed by atoms with Crippen molar-refractivity contribution in [2.45, 2.75) is 32.4 Å². The summed E-state index contributed by atoms with van der Waals surface area (Å²) < 4.78 is 20.7. The van der Waals surface area contributed by atoms with Crippen LogP contribution in [0.1, 0.15) is 20.8 Å². The van der Waals surface area contributed by atoms with Gasteiger partial charge in [0.2, 0.25) is 5.88 Å². The molecule has 7 nitrogen and oxygen atoms in total. The molecular formula is C15H22N2O5S. The van der Waals surface area contributed by atoms with Crippen molar-refractivity contribution in [3.63, 3.8) is 0 Å². The van der Waals surface area contributed by atoms with Gasteiger partial charge in [-0.2, -0.15) is 0 Å². The number of nitrogens with two attached hydrogens (primary N) is 1. The molecule has 8 heteroatoms. The van der Waals surface area contributed by atoms with Crippen LogP contribution in [-0.2, 0) is 19.0 Å². The van der Waals surface area contributed by atoms with Gasteiger partial charge in [0.15, 0.2) is 0 Å². The molecule has 0 amide bonds. The summed E-state index contributed by atoms with van der Waals surface area (Å²) in [6.45, 7) is 5.74. The van der Waals surface area contributed by atoms with Crippen LogP contribution < -0.4 is 10.5 Å². The lowest BCUT2D eigenvalue weighted by Crippen LogP contribution is -2.40. The van der Waals surface area contributed by atoms with Crippen LogP contribution in [-0.4, -0.2) is 47.7 Å². The molecule has 0 saturated carbocycles. The van der Waals surface area contributed by atoms with Gasteiger partial charge < -0.3 is 24.7 Å². The molecule has 1 unspecified atom stereocenters. The van der Waals surface area contributed by atoms with Crippen molar-refractivity contribution in [2.24, 2.45) is 5.73 Å². The molecule has 1 heterocycles. The first-order valence-electron chi connectivity index (χ1n) is 7.10. The maximum absolute atomic E-state index is 11.6. The molecule has 1 rings (SSSR count). The van der Waals surface area contributed by atoms with Crippen LogP contribution in [0.5, 0.6) is 5.88 Å². The third kappa shape index (κ3) is 9.07. The predicted octanol–water partition coefficient (Wildman–Crippen LogP) is 1.45. The van der Waals surface area contributed by atoms with E-state index < -0.39 is 17.6 Å². The number of hydrogen-bond donors (Lipinski definition) is 1. The fraction of sp³-hybridized carbons (Fsp3) is 0.533. The number of carbonyl (C=O) groups is 1. The number of nitrogens with zero attached hydrogens (tertiary/aromatic N) is 1. The van der Waals surface area contributed by atoms with Crippen molar-refractivity contribution in [2.75, 3.05) is 19.8 Å². The summed E-state index contributed by atoms with van der Waals surface area (Å²) in [6, 6.07) is 4.35. The van der Waals surface area contributed by atoms with Gasteiger partial charge in [-0.05, 0) is 26.8 Å². The first-order valence-corrected chi connectivity index (χ1v) is 7.50. The van der Waals surface area contributed by atoms with Gasteiger partial charge in [-0.15, -0.1) is 0 Å². The Bertz CT molecular complexity index is 504. The third-order valence-electron chi connectivity index (χ3n) is 2.28. The first-order chi connectivity index (χ1) is 10.8. The van der Waals surface area contributed by atoms with Crippen LogP contribution in [0.25, 0.3) is 0 Å². The van der Waals surface area contributed by atoms with E-state index in [0.29, 0.717) is 5.88 Å². The van der Waals surface area contributed by atoms with E-state index in [1.165, 1.54) is 0 Å². The summed E-state index contributed by atoms with van der Waals surface area (Å²) in [4.78, 5) is 15.6. The second-order valence-corrected chi connectivity index (χ2v) is 5.92. The third-order valence-corrected chi connectivity index (χ3v) is 2.48. The minimum absolute atomic E-state index is 0.0339. The standard InChI is InChI=1S/C15H22N2O5S/c1-15(2,3)22-13(18)11(16)10-19-8-9-20-14(23)21-12-6-4-5-7-17-12/h4-7,11H,8-10,16H2,1-3H3. The van der Waals surface area contributed by atoms with Gasteiger partial charge in [-0.3, -0.25) is 4.79 Å². The number of aromatic nitrogens is 1. The Hall–Kier alpha value is -1.77. The number of esters is 1. The minimum Gasteiger partial charge on any atom is -0.459 e. The summed E-state index contributed by atoms with van der Waals surface area (Å²) in [5.41, 5.74) is 5.09. The molecule has 0 bridgehead atoms. The highest BCUT2D eigenvalue weighted by atomic mass is 32.1. The molecule has 23 heavy (non-hydrogen) atoms. The number of rotatable bonds is 7. The Morgan fingerprint density at radius 1 is 1.35 bits per heavy atom. The normalized spacial score (nSPS) is 12.3. The zero-order valence-electron chi connectivity index (χ0n) is 13.5. The highest BCUT2D eigenvalue weighted by molar-refractivity contribution is 7.79.